The van der Waals surface area contributed by atoms with E-state index in [2.05, 4.69) is 11.8 Å². The Balaban J connectivity index is 2.08. The number of rotatable bonds is 4. The van der Waals surface area contributed by atoms with Gasteiger partial charge in [0, 0.05) is 26.2 Å². The Labute approximate surface area is 121 Å². The molecule has 2 rings (SSSR count). The van der Waals surface area contributed by atoms with E-state index in [1.165, 1.54) is 7.11 Å². The first-order valence-electron chi connectivity index (χ1n) is 7.29. The van der Waals surface area contributed by atoms with E-state index in [0.29, 0.717) is 25.9 Å². The highest BCUT2D eigenvalue weighted by atomic mass is 32.2. The summed E-state index contributed by atoms with van der Waals surface area (Å²) in [5.41, 5.74) is 0. The number of likely N-dealkylation sites (N-methyl/N-ethyl adjacent to an activating group) is 1. The number of hydrogen-bond acceptors (Lipinski definition) is 5. The van der Waals surface area contributed by atoms with Crippen molar-refractivity contribution >= 4 is 16.0 Å². The fraction of sp³-hybridized carbons (Fsp3) is 0.923. The van der Waals surface area contributed by atoms with Crippen LogP contribution in [0.2, 0.25) is 0 Å². The summed E-state index contributed by atoms with van der Waals surface area (Å²) in [4.78, 5) is 14.0. The van der Waals surface area contributed by atoms with E-state index in [0.717, 1.165) is 26.1 Å². The number of ether oxygens (including phenoxy) is 1. The van der Waals surface area contributed by atoms with Gasteiger partial charge < -0.3 is 9.64 Å². The van der Waals surface area contributed by atoms with Gasteiger partial charge in [0.2, 0.25) is 10.0 Å². The van der Waals surface area contributed by atoms with Gasteiger partial charge in [-0.2, -0.15) is 4.31 Å². The van der Waals surface area contributed by atoms with Crippen molar-refractivity contribution in [2.24, 2.45) is 5.92 Å². The Bertz CT molecular complexity index is 443. The van der Waals surface area contributed by atoms with E-state index in [-0.39, 0.29) is 5.97 Å². The van der Waals surface area contributed by atoms with Crippen molar-refractivity contribution < 1.29 is 17.9 Å². The van der Waals surface area contributed by atoms with Crippen molar-refractivity contribution in [2.45, 2.75) is 31.4 Å². The van der Waals surface area contributed by atoms with Gasteiger partial charge in [0.25, 0.3) is 0 Å². The molecular weight excluding hydrogens is 280 g/mol. The van der Waals surface area contributed by atoms with E-state index in [9.17, 15) is 13.2 Å². The van der Waals surface area contributed by atoms with Gasteiger partial charge in [-0.25, -0.2) is 8.42 Å². The molecule has 7 heteroatoms. The zero-order chi connectivity index (χ0) is 14.8. The Morgan fingerprint density at radius 3 is 2.40 bits per heavy atom. The third kappa shape index (κ3) is 2.99. The molecular formula is C13H24N2O4S. The molecule has 2 atom stereocenters. The number of methoxy groups -OCH3 is 1. The summed E-state index contributed by atoms with van der Waals surface area (Å²) in [5.74, 6) is -0.877. The number of sulfonamides is 1. The van der Waals surface area contributed by atoms with Crippen LogP contribution in [0.1, 0.15) is 26.2 Å². The quantitative estimate of drug-likeness (QED) is 0.699. The molecule has 1 aliphatic heterocycles. The van der Waals surface area contributed by atoms with Crippen molar-refractivity contribution in [1.29, 1.82) is 0 Å². The van der Waals surface area contributed by atoms with Gasteiger partial charge in [-0.05, 0) is 19.4 Å². The summed E-state index contributed by atoms with van der Waals surface area (Å²) >= 11 is 0. The standard InChI is InChI=1S/C13H24N2O4S/c1-3-14-7-9-15(10-8-14)20(17,18)12-6-4-5-11(12)13(16)19-2/h11-12H,3-10H2,1-2H3. The minimum atomic E-state index is -3.39. The predicted octanol–water partition coefficient (Wildman–Crippen LogP) is 0.295. The average molecular weight is 304 g/mol. The Hall–Kier alpha value is -0.660. The zero-order valence-corrected chi connectivity index (χ0v) is 13.1. The molecule has 0 amide bonds. The molecule has 0 N–H and O–H groups in total. The van der Waals surface area contributed by atoms with Gasteiger partial charge >= 0.3 is 5.97 Å². The molecule has 6 nitrogen and oxygen atoms in total. The predicted molar refractivity (Wildman–Crippen MR) is 75.8 cm³/mol. The zero-order valence-electron chi connectivity index (χ0n) is 12.2. The molecule has 0 bridgehead atoms. The highest BCUT2D eigenvalue weighted by Gasteiger charge is 2.45. The molecule has 116 valence electrons. The average Bonchev–Trinajstić information content (AvgIpc) is 2.96. The van der Waals surface area contributed by atoms with Crippen LogP contribution in [0.5, 0.6) is 0 Å². The number of piperazine rings is 1. The molecule has 2 fully saturated rings. The minimum absolute atomic E-state index is 0.386. The van der Waals surface area contributed by atoms with Crippen LogP contribution < -0.4 is 0 Å². The molecule has 2 unspecified atom stereocenters. The lowest BCUT2D eigenvalue weighted by atomic mass is 10.1. The van der Waals surface area contributed by atoms with Crippen LogP contribution in [0.25, 0.3) is 0 Å². The second-order valence-corrected chi connectivity index (χ2v) is 7.63. The highest BCUT2D eigenvalue weighted by Crippen LogP contribution is 2.34. The molecule has 20 heavy (non-hydrogen) atoms. The van der Waals surface area contributed by atoms with Gasteiger partial charge in [-0.1, -0.05) is 13.3 Å². The second-order valence-electron chi connectivity index (χ2n) is 5.48. The topological polar surface area (TPSA) is 66.9 Å². The molecule has 0 aromatic heterocycles. The lowest BCUT2D eigenvalue weighted by Gasteiger charge is -2.35. The largest absolute Gasteiger partial charge is 0.469 e. The van der Waals surface area contributed by atoms with Gasteiger partial charge in [0.1, 0.15) is 0 Å². The maximum Gasteiger partial charge on any atom is 0.310 e. The second kappa shape index (κ2) is 6.41. The SMILES string of the molecule is CCN1CCN(S(=O)(=O)C2CCCC2C(=O)OC)CC1. The van der Waals surface area contributed by atoms with Gasteiger partial charge in [-0.15, -0.1) is 0 Å². The van der Waals surface area contributed by atoms with Crippen LogP contribution in [0, 0.1) is 5.92 Å². The fourth-order valence-electron chi connectivity index (χ4n) is 3.20. The molecule has 1 saturated heterocycles. The number of carbonyl (C=O) groups excluding carboxylic acids is 1. The third-order valence-electron chi connectivity index (χ3n) is 4.48. The summed E-state index contributed by atoms with van der Waals surface area (Å²) in [5, 5.41) is -0.594. The number of nitrogens with zero attached hydrogens (tertiary/aromatic N) is 2. The first-order chi connectivity index (χ1) is 9.50. The first-order valence-corrected chi connectivity index (χ1v) is 8.80. The first kappa shape index (κ1) is 15.7. The molecule has 2 aliphatic rings. The fourth-order valence-corrected chi connectivity index (χ4v) is 5.38. The number of carbonyl (C=O) groups is 1. The van der Waals surface area contributed by atoms with Crippen molar-refractivity contribution in [3.8, 4) is 0 Å². The molecule has 0 aromatic rings. The maximum absolute atomic E-state index is 12.7. The van der Waals surface area contributed by atoms with Crippen molar-refractivity contribution in [2.75, 3.05) is 39.8 Å². The van der Waals surface area contributed by atoms with Crippen LogP contribution >= 0.6 is 0 Å². The normalized spacial score (nSPS) is 29.5. The Morgan fingerprint density at radius 2 is 1.85 bits per heavy atom. The van der Waals surface area contributed by atoms with E-state index in [4.69, 9.17) is 4.74 Å². The van der Waals surface area contributed by atoms with Crippen molar-refractivity contribution in [3.05, 3.63) is 0 Å². The van der Waals surface area contributed by atoms with Crippen LogP contribution in [0.4, 0.5) is 0 Å². The third-order valence-corrected chi connectivity index (χ3v) is 6.89. The van der Waals surface area contributed by atoms with Crippen LogP contribution in [-0.2, 0) is 19.6 Å². The molecule has 1 heterocycles. The van der Waals surface area contributed by atoms with Gasteiger partial charge in [0.15, 0.2) is 0 Å². The van der Waals surface area contributed by atoms with E-state index in [1.807, 2.05) is 0 Å². The lowest BCUT2D eigenvalue weighted by Crippen LogP contribution is -2.52. The Morgan fingerprint density at radius 1 is 1.20 bits per heavy atom. The molecule has 0 aromatic carbocycles. The maximum atomic E-state index is 12.7. The number of esters is 1. The van der Waals surface area contributed by atoms with Crippen molar-refractivity contribution in [3.63, 3.8) is 0 Å². The summed E-state index contributed by atoms with van der Waals surface area (Å²) < 4.78 is 31.7. The minimum Gasteiger partial charge on any atom is -0.469 e. The molecule has 0 radical (unpaired) electrons. The lowest BCUT2D eigenvalue weighted by molar-refractivity contribution is -0.145. The number of hydrogen-bond donors (Lipinski definition) is 0. The Kier molecular flexibility index (Phi) is 5.04. The summed E-state index contributed by atoms with van der Waals surface area (Å²) in [6, 6.07) is 0. The van der Waals surface area contributed by atoms with E-state index in [1.54, 1.807) is 4.31 Å². The van der Waals surface area contributed by atoms with Crippen molar-refractivity contribution in [1.82, 2.24) is 9.21 Å². The smallest absolute Gasteiger partial charge is 0.310 e. The summed E-state index contributed by atoms with van der Waals surface area (Å²) in [6.07, 6.45) is 1.96. The van der Waals surface area contributed by atoms with Crippen LogP contribution in [-0.4, -0.2) is 68.7 Å². The summed E-state index contributed by atoms with van der Waals surface area (Å²) in [7, 11) is -2.07. The van der Waals surface area contributed by atoms with E-state index >= 15 is 0 Å². The molecule has 0 spiro atoms. The molecule has 1 aliphatic carbocycles. The monoisotopic (exact) mass is 304 g/mol. The van der Waals surface area contributed by atoms with Crippen LogP contribution in [0.15, 0.2) is 0 Å². The summed E-state index contributed by atoms with van der Waals surface area (Å²) in [6.45, 7) is 5.62. The van der Waals surface area contributed by atoms with E-state index < -0.39 is 21.2 Å². The van der Waals surface area contributed by atoms with Crippen LogP contribution in [0.3, 0.4) is 0 Å². The molecule has 1 saturated carbocycles. The van der Waals surface area contributed by atoms with Gasteiger partial charge in [0.05, 0.1) is 18.3 Å². The van der Waals surface area contributed by atoms with Gasteiger partial charge in [-0.3, -0.25) is 4.79 Å². The highest BCUT2D eigenvalue weighted by molar-refractivity contribution is 7.89.